The molecule has 47 heavy (non-hydrogen) atoms. The fourth-order valence-corrected chi connectivity index (χ4v) is 7.66. The second kappa shape index (κ2) is 11.3. The first-order valence-electron chi connectivity index (χ1n) is 15.8. The molecule has 1 N–H and O–H groups in total. The Kier molecular flexibility index (Phi) is 7.35. The highest BCUT2D eigenvalue weighted by Gasteiger charge is 2.37. The molecule has 0 saturated heterocycles. The number of aromatic nitrogens is 3. The van der Waals surface area contributed by atoms with Gasteiger partial charge in [-0.2, -0.15) is 9.67 Å². The van der Waals surface area contributed by atoms with Crippen molar-refractivity contribution in [3.8, 4) is 5.88 Å². The Hall–Kier alpha value is -5.09. The molecule has 0 fully saturated rings. The molecule has 2 amide bonds. The third kappa shape index (κ3) is 4.86. The number of hydrogen-bond acceptors (Lipinski definition) is 7. The molecule has 3 aromatic carbocycles. The molecule has 2 aromatic heterocycles. The van der Waals surface area contributed by atoms with E-state index in [9.17, 15) is 24.6 Å². The zero-order valence-corrected chi connectivity index (χ0v) is 27.5. The summed E-state index contributed by atoms with van der Waals surface area (Å²) in [5.41, 5.74) is 2.30. The lowest BCUT2D eigenvalue weighted by Crippen LogP contribution is -2.41. The lowest BCUT2D eigenvalue weighted by Gasteiger charge is -2.30. The number of fused-ring (bicyclic) bond motifs is 1. The van der Waals surface area contributed by atoms with Crippen molar-refractivity contribution in [2.75, 3.05) is 6.54 Å². The fraction of sp³-hybridized carbons (Fsp3) is 0.270. The molecule has 0 saturated carbocycles. The Morgan fingerprint density at radius 1 is 0.957 bits per heavy atom. The van der Waals surface area contributed by atoms with Crippen LogP contribution in [-0.2, 0) is 23.3 Å². The van der Waals surface area contributed by atoms with Crippen molar-refractivity contribution < 1.29 is 29.2 Å². The molecule has 9 nitrogen and oxygen atoms in total. The number of thiazole rings is 1. The molecule has 5 aromatic rings. The maximum atomic E-state index is 13.5. The third-order valence-corrected chi connectivity index (χ3v) is 9.98. The first kappa shape index (κ1) is 30.6. The van der Waals surface area contributed by atoms with Crippen LogP contribution in [0.25, 0.3) is 32.6 Å². The van der Waals surface area contributed by atoms with Gasteiger partial charge >= 0.3 is 0 Å². The number of amides is 2. The van der Waals surface area contributed by atoms with Gasteiger partial charge in [-0.15, -0.1) is 0 Å². The molecule has 0 bridgehead atoms. The molecule has 0 unspecified atom stereocenters. The minimum Gasteiger partial charge on any atom is -0.871 e. The fourth-order valence-electron chi connectivity index (χ4n) is 6.53. The summed E-state index contributed by atoms with van der Waals surface area (Å²) in [7, 11) is 0. The average molecular weight is 647 g/mol. The van der Waals surface area contributed by atoms with Crippen molar-refractivity contribution >= 4 is 61.6 Å². The topological polar surface area (TPSA) is 119 Å². The van der Waals surface area contributed by atoms with Gasteiger partial charge in [-0.1, -0.05) is 60.4 Å². The quantitative estimate of drug-likeness (QED) is 0.105. The number of rotatable bonds is 8. The standard InChI is InChI=1S/C37H34N4O5S/c1-5-25-30(36(46)41(38-25)37(2,3)4)31-32(42)24(33(31)43)20-28-39(26-16-6-7-17-27(26)47-28)18-8-9-19-40-34(44)22-14-10-12-21-13-11-15-23(29(21)22)35(40)45/h6-7,10-17,20H,5,8-9,18-19H2,1-4H3,(H,42,43). The van der Waals surface area contributed by atoms with Gasteiger partial charge in [0.1, 0.15) is 4.70 Å². The van der Waals surface area contributed by atoms with Crippen LogP contribution in [0.4, 0.5) is 0 Å². The maximum Gasteiger partial charge on any atom is 0.263 e. The van der Waals surface area contributed by atoms with Gasteiger partial charge in [0.05, 0.1) is 16.8 Å². The first-order valence-corrected chi connectivity index (χ1v) is 16.6. The zero-order valence-electron chi connectivity index (χ0n) is 26.7. The SMILES string of the molecule is CCc1nn(C(C)(C)C)c(O)c1C1=C([O-])/C(=C/c2sc3ccccc3[n+]2CCCCN2C(=O)c3cccc4cccc(c34)C2=O)C1=O. The number of benzene rings is 3. The van der Waals surface area contributed by atoms with E-state index in [1.54, 1.807) is 18.2 Å². The van der Waals surface area contributed by atoms with E-state index in [-0.39, 0.29) is 40.9 Å². The number of Topliss-reactive ketones (excluding diaryl/α,β-unsaturated/α-hetero) is 1. The number of carbonyl (C=O) groups excluding carboxylic acids is 3. The van der Waals surface area contributed by atoms with E-state index in [1.807, 2.05) is 76.2 Å². The molecule has 3 heterocycles. The summed E-state index contributed by atoms with van der Waals surface area (Å²) < 4.78 is 4.54. The minimum absolute atomic E-state index is 0.0260. The number of aryl methyl sites for hydroxylation is 2. The van der Waals surface area contributed by atoms with Crippen molar-refractivity contribution in [3.05, 3.63) is 99.4 Å². The van der Waals surface area contributed by atoms with Gasteiger partial charge in [0.15, 0.2) is 12.3 Å². The highest BCUT2D eigenvalue weighted by molar-refractivity contribution is 7.18. The van der Waals surface area contributed by atoms with E-state index >= 15 is 0 Å². The summed E-state index contributed by atoms with van der Waals surface area (Å²) in [5.74, 6) is -1.55. The van der Waals surface area contributed by atoms with Gasteiger partial charge < -0.3 is 10.2 Å². The first-order chi connectivity index (χ1) is 22.5. The highest BCUT2D eigenvalue weighted by Crippen LogP contribution is 2.42. The van der Waals surface area contributed by atoms with Crippen LogP contribution >= 0.6 is 11.3 Å². The van der Waals surface area contributed by atoms with Crippen LogP contribution < -0.4 is 9.67 Å². The van der Waals surface area contributed by atoms with E-state index in [2.05, 4.69) is 9.67 Å². The molecular formula is C37H34N4O5S. The largest absolute Gasteiger partial charge is 0.871 e. The number of imide groups is 1. The van der Waals surface area contributed by atoms with Gasteiger partial charge in [0, 0.05) is 52.8 Å². The summed E-state index contributed by atoms with van der Waals surface area (Å²) in [6.45, 7) is 8.40. The molecule has 7 rings (SSSR count). The zero-order chi connectivity index (χ0) is 33.2. The number of unbranched alkanes of at least 4 members (excludes halogenated alkanes) is 1. The van der Waals surface area contributed by atoms with E-state index in [4.69, 9.17) is 0 Å². The van der Waals surface area contributed by atoms with Crippen molar-refractivity contribution in [2.45, 2.75) is 59.0 Å². The predicted octanol–water partition coefficient (Wildman–Crippen LogP) is 5.38. The Morgan fingerprint density at radius 2 is 1.64 bits per heavy atom. The van der Waals surface area contributed by atoms with Gasteiger partial charge in [-0.25, -0.2) is 4.68 Å². The molecular weight excluding hydrogens is 612 g/mol. The molecule has 1 aliphatic heterocycles. The van der Waals surface area contributed by atoms with Crippen molar-refractivity contribution in [1.29, 1.82) is 0 Å². The maximum absolute atomic E-state index is 13.5. The lowest BCUT2D eigenvalue weighted by atomic mass is 9.83. The molecule has 0 radical (unpaired) electrons. The van der Waals surface area contributed by atoms with Crippen LogP contribution in [0.15, 0.2) is 72.0 Å². The van der Waals surface area contributed by atoms with Gasteiger partial charge in [-0.05, 0) is 57.2 Å². The highest BCUT2D eigenvalue weighted by atomic mass is 32.1. The number of allylic oxidation sites excluding steroid dienone is 2. The predicted molar refractivity (Wildman–Crippen MR) is 179 cm³/mol. The Morgan fingerprint density at radius 3 is 2.28 bits per heavy atom. The molecule has 1 aliphatic carbocycles. The molecule has 238 valence electrons. The summed E-state index contributed by atoms with van der Waals surface area (Å²) >= 11 is 1.49. The Labute approximate surface area is 275 Å². The van der Waals surface area contributed by atoms with Crippen LogP contribution in [0, 0.1) is 0 Å². The minimum atomic E-state index is -0.531. The summed E-state index contributed by atoms with van der Waals surface area (Å²) in [6, 6.07) is 18.9. The number of aromatic hydroxyl groups is 1. The summed E-state index contributed by atoms with van der Waals surface area (Å²) in [5, 5.41) is 31.3. The number of ketones is 1. The Bertz CT molecular complexity index is 2160. The molecule has 0 atom stereocenters. The molecule has 10 heteroatoms. The van der Waals surface area contributed by atoms with Crippen LogP contribution in [0.1, 0.15) is 77.5 Å². The number of carbonyl (C=O) groups is 3. The van der Waals surface area contributed by atoms with Crippen LogP contribution in [0.5, 0.6) is 5.88 Å². The second-order valence-corrected chi connectivity index (χ2v) is 14.0. The van der Waals surface area contributed by atoms with E-state index in [1.165, 1.54) is 20.9 Å². The molecule has 0 spiro atoms. The van der Waals surface area contributed by atoms with Crippen LogP contribution in [0.2, 0.25) is 0 Å². The van der Waals surface area contributed by atoms with Gasteiger partial charge in [0.2, 0.25) is 11.4 Å². The number of nitrogens with zero attached hydrogens (tertiary/aromatic N) is 4. The smallest absolute Gasteiger partial charge is 0.263 e. The average Bonchev–Trinajstić information content (AvgIpc) is 3.58. The normalized spacial score (nSPS) is 15.9. The van der Waals surface area contributed by atoms with Crippen LogP contribution in [-0.4, -0.2) is 43.9 Å². The van der Waals surface area contributed by atoms with E-state index in [0.29, 0.717) is 48.0 Å². The number of hydrogen-bond donors (Lipinski definition) is 1. The number of para-hydroxylation sites is 1. The monoisotopic (exact) mass is 646 g/mol. The summed E-state index contributed by atoms with van der Waals surface area (Å²) in [4.78, 5) is 41.5. The molecule has 2 aliphatic rings. The van der Waals surface area contributed by atoms with Crippen molar-refractivity contribution in [1.82, 2.24) is 14.7 Å². The van der Waals surface area contributed by atoms with E-state index in [0.717, 1.165) is 20.6 Å². The van der Waals surface area contributed by atoms with Gasteiger partial charge in [0.25, 0.3) is 16.8 Å². The lowest BCUT2D eigenvalue weighted by molar-refractivity contribution is -0.669. The Balaban J connectivity index is 1.14. The van der Waals surface area contributed by atoms with Crippen molar-refractivity contribution in [2.24, 2.45) is 0 Å². The van der Waals surface area contributed by atoms with Gasteiger partial charge in [-0.3, -0.25) is 19.3 Å². The third-order valence-electron chi connectivity index (χ3n) is 8.87. The second-order valence-electron chi connectivity index (χ2n) is 12.9. The van der Waals surface area contributed by atoms with E-state index < -0.39 is 17.1 Å². The summed E-state index contributed by atoms with van der Waals surface area (Å²) in [6.07, 6.45) is 3.34. The van der Waals surface area contributed by atoms with Crippen molar-refractivity contribution in [3.63, 3.8) is 0 Å². The van der Waals surface area contributed by atoms with Crippen LogP contribution in [0.3, 0.4) is 0 Å².